The molecule has 362 valence electrons. The van der Waals surface area contributed by atoms with Crippen molar-refractivity contribution in [3.63, 3.8) is 0 Å². The lowest BCUT2D eigenvalue weighted by Crippen LogP contribution is -2.38. The number of fused-ring (bicyclic) bond motifs is 16. The number of benzene rings is 12. The first-order valence-electron chi connectivity index (χ1n) is 26.8. The van der Waals surface area contributed by atoms with E-state index in [9.17, 15) is 0 Å². The van der Waals surface area contributed by atoms with Gasteiger partial charge >= 0.3 is 0 Å². The summed E-state index contributed by atoms with van der Waals surface area (Å²) < 4.78 is 0. The van der Waals surface area contributed by atoms with Gasteiger partial charge in [-0.25, -0.2) is 0 Å². The molecule has 0 saturated carbocycles. The largest absolute Gasteiger partial charge is 0.310 e. The van der Waals surface area contributed by atoms with Crippen LogP contribution in [0.2, 0.25) is 0 Å². The second-order valence-electron chi connectivity index (χ2n) is 20.7. The molecule has 1 aliphatic heterocycles. The van der Waals surface area contributed by atoms with Gasteiger partial charge in [0.15, 0.2) is 0 Å². The van der Waals surface area contributed by atoms with Gasteiger partial charge < -0.3 is 9.80 Å². The Morgan fingerprint density at radius 3 is 1.55 bits per heavy atom. The van der Waals surface area contributed by atoms with Gasteiger partial charge in [-0.15, -0.1) is 0 Å². The van der Waals surface area contributed by atoms with Gasteiger partial charge in [-0.1, -0.05) is 237 Å². The van der Waals surface area contributed by atoms with Crippen molar-refractivity contribution in [2.75, 3.05) is 9.80 Å². The quantitative estimate of drug-likeness (QED) is 0.111. The first kappa shape index (κ1) is 44.7. The van der Waals surface area contributed by atoms with Crippen LogP contribution in [0.4, 0.5) is 28.4 Å². The normalized spacial score (nSPS) is 15.7. The van der Waals surface area contributed by atoms with E-state index in [4.69, 9.17) is 0 Å². The van der Waals surface area contributed by atoms with Crippen molar-refractivity contribution < 1.29 is 0 Å². The lowest BCUT2D eigenvalue weighted by molar-refractivity contribution is 0.717. The van der Waals surface area contributed by atoms with Crippen molar-refractivity contribution in [3.05, 3.63) is 342 Å². The predicted molar refractivity (Wildman–Crippen MR) is 323 cm³/mol. The average molecular weight is 981 g/mol. The van der Waals surface area contributed by atoms with Gasteiger partial charge in [-0.05, 0) is 155 Å². The third kappa shape index (κ3) is 6.24. The summed E-state index contributed by atoms with van der Waals surface area (Å²) in [7, 11) is 0. The molecule has 2 heteroatoms. The average Bonchev–Trinajstić information content (AvgIpc) is 4.20. The summed E-state index contributed by atoms with van der Waals surface area (Å²) in [5, 5.41) is 7.48. The summed E-state index contributed by atoms with van der Waals surface area (Å²) in [6.07, 6.45) is 6.22. The molecular formula is C75H52N2. The molecular weight excluding hydrogens is 929 g/mol. The van der Waals surface area contributed by atoms with Crippen molar-refractivity contribution in [1.82, 2.24) is 0 Å². The summed E-state index contributed by atoms with van der Waals surface area (Å²) in [4.78, 5) is 5.01. The van der Waals surface area contributed by atoms with Crippen LogP contribution < -0.4 is 9.80 Å². The van der Waals surface area contributed by atoms with E-state index in [0.717, 1.165) is 34.1 Å². The Balaban J connectivity index is 1.06. The number of para-hydroxylation sites is 2. The SMILES string of the molecule is C=C/C=C\C1=C(C)C2(c3ccccc3-c3c(N(c4ccc5c(c4)C(c4ccccc4)(c4ccccc4)c4ccccc4-5)c4ccc5c6ccccc6c6ccccc6c5c4)cccc32)c2ccccc2N1c1ccccc1. The number of hydrogen-bond donors (Lipinski definition) is 0. The third-order valence-electron chi connectivity index (χ3n) is 17.1. The smallest absolute Gasteiger partial charge is 0.0715 e. The molecule has 12 aromatic carbocycles. The summed E-state index contributed by atoms with van der Waals surface area (Å²) in [6, 6.07) is 99.8. The molecule has 0 N–H and O–H groups in total. The van der Waals surface area contributed by atoms with E-state index in [1.165, 1.54) is 99.1 Å². The molecule has 2 aliphatic carbocycles. The molecule has 0 amide bonds. The van der Waals surface area contributed by atoms with Crippen LogP contribution in [-0.4, -0.2) is 0 Å². The van der Waals surface area contributed by atoms with Crippen LogP contribution >= 0.6 is 0 Å². The Morgan fingerprint density at radius 1 is 0.390 bits per heavy atom. The molecule has 15 rings (SSSR count). The lowest BCUT2D eigenvalue weighted by atomic mass is 9.64. The Bertz CT molecular complexity index is 4360. The molecule has 1 heterocycles. The van der Waals surface area contributed by atoms with Gasteiger partial charge in [0.1, 0.15) is 0 Å². The van der Waals surface area contributed by atoms with E-state index < -0.39 is 10.8 Å². The van der Waals surface area contributed by atoms with Gasteiger partial charge in [-0.2, -0.15) is 0 Å². The summed E-state index contributed by atoms with van der Waals surface area (Å²) in [5.41, 5.74) is 20.5. The van der Waals surface area contributed by atoms with Crippen LogP contribution in [0.25, 0.3) is 54.6 Å². The topological polar surface area (TPSA) is 6.48 Å². The van der Waals surface area contributed by atoms with Crippen LogP contribution in [0.5, 0.6) is 0 Å². The molecule has 12 aromatic rings. The maximum Gasteiger partial charge on any atom is 0.0715 e. The summed E-state index contributed by atoms with van der Waals surface area (Å²) in [5.74, 6) is 0. The fourth-order valence-corrected chi connectivity index (χ4v) is 14.1. The van der Waals surface area contributed by atoms with Gasteiger partial charge in [0.2, 0.25) is 0 Å². The molecule has 77 heavy (non-hydrogen) atoms. The monoisotopic (exact) mass is 980 g/mol. The lowest BCUT2D eigenvalue weighted by Gasteiger charge is -2.45. The van der Waals surface area contributed by atoms with E-state index in [1.54, 1.807) is 0 Å². The van der Waals surface area contributed by atoms with Crippen LogP contribution in [0.3, 0.4) is 0 Å². The zero-order valence-corrected chi connectivity index (χ0v) is 42.7. The minimum absolute atomic E-state index is 0.586. The fraction of sp³-hybridized carbons (Fsp3) is 0.0400. The zero-order valence-electron chi connectivity index (χ0n) is 42.7. The minimum atomic E-state index is -0.635. The second-order valence-corrected chi connectivity index (χ2v) is 20.7. The summed E-state index contributed by atoms with van der Waals surface area (Å²) >= 11 is 0. The highest BCUT2D eigenvalue weighted by atomic mass is 15.2. The zero-order chi connectivity index (χ0) is 51.2. The van der Waals surface area contributed by atoms with Crippen molar-refractivity contribution in [3.8, 4) is 22.3 Å². The molecule has 0 saturated heterocycles. The highest BCUT2D eigenvalue weighted by Gasteiger charge is 2.52. The molecule has 1 atom stereocenters. The van der Waals surface area contributed by atoms with Gasteiger partial charge in [0, 0.05) is 28.3 Å². The second kappa shape index (κ2) is 17.4. The van der Waals surface area contributed by atoms with Crippen molar-refractivity contribution in [1.29, 1.82) is 0 Å². The first-order chi connectivity index (χ1) is 38.1. The van der Waals surface area contributed by atoms with E-state index in [0.29, 0.717) is 0 Å². The number of hydrogen-bond acceptors (Lipinski definition) is 2. The van der Waals surface area contributed by atoms with Crippen LogP contribution in [-0.2, 0) is 10.8 Å². The molecule has 0 fully saturated rings. The molecule has 0 bridgehead atoms. The molecule has 1 spiro atoms. The molecule has 1 unspecified atom stereocenters. The molecule has 3 aliphatic rings. The third-order valence-corrected chi connectivity index (χ3v) is 17.1. The molecule has 0 aromatic heterocycles. The van der Waals surface area contributed by atoms with Crippen LogP contribution in [0, 0.1) is 0 Å². The van der Waals surface area contributed by atoms with Gasteiger partial charge in [-0.3, -0.25) is 0 Å². The van der Waals surface area contributed by atoms with Gasteiger partial charge in [0.05, 0.1) is 22.2 Å². The highest BCUT2D eigenvalue weighted by Crippen LogP contribution is 2.65. The maximum atomic E-state index is 4.16. The van der Waals surface area contributed by atoms with Crippen LogP contribution in [0.15, 0.2) is 303 Å². The van der Waals surface area contributed by atoms with Crippen molar-refractivity contribution in [2.24, 2.45) is 0 Å². The molecule has 2 nitrogen and oxygen atoms in total. The van der Waals surface area contributed by atoms with E-state index in [2.05, 4.69) is 302 Å². The van der Waals surface area contributed by atoms with E-state index >= 15 is 0 Å². The molecule has 0 radical (unpaired) electrons. The summed E-state index contributed by atoms with van der Waals surface area (Å²) in [6.45, 7) is 6.51. The van der Waals surface area contributed by atoms with E-state index in [-0.39, 0.29) is 0 Å². The standard InChI is InChI=1S/C75H52N2/c1-3-4-41-70-50(2)74(67-39-22-23-42-71(67)77(70)53-29-12-7-13-30-53)66-38-21-19-36-63(66)73-68(74)40-24-43-72(73)76(54-44-46-60-58-33-15-14-31-56(58)57-32-16-17-34-59(57)64(60)48-54)55-45-47-62-61-35-18-20-37-65(61)75(69(62)49-55,51-25-8-5-9-26-51)52-27-10-6-11-28-52/h3-49H,1H2,2H3/b41-4-. The number of rotatable bonds is 8. The maximum absolute atomic E-state index is 4.16. The van der Waals surface area contributed by atoms with Crippen molar-refractivity contribution in [2.45, 2.75) is 17.8 Å². The minimum Gasteiger partial charge on any atom is -0.310 e. The van der Waals surface area contributed by atoms with Crippen LogP contribution in [0.1, 0.15) is 45.9 Å². The Kier molecular flexibility index (Phi) is 10.1. The first-order valence-corrected chi connectivity index (χ1v) is 26.8. The highest BCUT2D eigenvalue weighted by molar-refractivity contribution is 6.26. The Hall–Kier alpha value is -9.76. The number of anilines is 5. The Labute approximate surface area is 450 Å². The van der Waals surface area contributed by atoms with Gasteiger partial charge in [0.25, 0.3) is 0 Å². The number of allylic oxidation sites excluding steroid dienone is 4. The Morgan fingerprint density at radius 2 is 0.883 bits per heavy atom. The predicted octanol–water partition coefficient (Wildman–Crippen LogP) is 19.5. The number of nitrogens with zero attached hydrogens (tertiary/aromatic N) is 2. The fourth-order valence-electron chi connectivity index (χ4n) is 14.1. The van der Waals surface area contributed by atoms with E-state index in [1.807, 2.05) is 6.08 Å². The van der Waals surface area contributed by atoms with Crippen molar-refractivity contribution >= 4 is 60.8 Å².